The predicted molar refractivity (Wildman–Crippen MR) is 442 cm³/mol. The molecule has 7 aliphatic rings. The summed E-state index contributed by atoms with van der Waals surface area (Å²) >= 11 is 14.4. The number of primary amides is 1. The maximum absolute atomic E-state index is 16.3. The number of phenols is 3. The van der Waals surface area contributed by atoms with Crippen LogP contribution in [0.2, 0.25) is 10.0 Å². The van der Waals surface area contributed by atoms with Gasteiger partial charge in [-0.2, -0.15) is 0 Å². The highest BCUT2D eigenvalue weighted by Crippen LogP contribution is 2.50. The average molecular weight is 1760 g/mol. The molecular formula is C85H98Cl2N12O25. The van der Waals surface area contributed by atoms with Gasteiger partial charge in [-0.05, 0) is 157 Å². The number of hydrazine groups is 1. The number of anilines is 1. The number of benzene rings is 7. The number of amides is 9. The van der Waals surface area contributed by atoms with Gasteiger partial charge in [0.15, 0.2) is 23.9 Å². The number of likely N-dealkylation sites (N-methyl/N-ethyl adjacent to an activating group) is 1. The summed E-state index contributed by atoms with van der Waals surface area (Å²) in [7, 11) is 1.47. The number of aromatic hydroxyl groups is 3. The second-order valence-corrected chi connectivity index (χ2v) is 32.5. The van der Waals surface area contributed by atoms with Crippen LogP contribution in [0.15, 0.2) is 127 Å². The van der Waals surface area contributed by atoms with Crippen molar-refractivity contribution < 1.29 is 123 Å². The normalized spacial score (nSPS) is 26.1. The lowest BCUT2D eigenvalue weighted by Gasteiger charge is -2.48. The summed E-state index contributed by atoms with van der Waals surface area (Å²) in [5.41, 5.74) is 9.37. The number of phenolic OH excluding ortho intramolecular Hbond substituents is 3. The van der Waals surface area contributed by atoms with Crippen LogP contribution in [-0.2, 0) is 59.1 Å². The van der Waals surface area contributed by atoms with E-state index in [0.29, 0.717) is 16.8 Å². The fourth-order valence-corrected chi connectivity index (χ4v) is 15.6. The number of hydrogen-bond donors (Lipinski definition) is 22. The number of hydrogen-bond acceptors (Lipinski definition) is 28. The lowest BCUT2D eigenvalue weighted by atomic mass is 9.84. The molecule has 0 radical (unpaired) electrons. The van der Waals surface area contributed by atoms with Crippen molar-refractivity contribution in [2.24, 2.45) is 11.7 Å². The fourth-order valence-electron chi connectivity index (χ4n) is 15.2. The molecule has 2 saturated heterocycles. The number of aliphatic hydroxyl groups is 7. The van der Waals surface area contributed by atoms with Crippen LogP contribution in [0.4, 0.5) is 5.69 Å². The molecule has 0 saturated carbocycles. The standard InChI is InChI=1S/C85H98Cl2N12O25/c1-36(2)24-52(89-7)77(112)97-67-69(106)43-15-20-56(50(86)26-43)120-58-28-45-29-59(73(58)124-84-74(72(109)71(108)60(35-101)122-84)123-62-33-85(6,75(110)38(5)119-62)90-34-39-8-17-46(18-9-39)92-76(111)41-12-10-40(11-13-41)37(3)4)121-57-21-16-44(27-51(57)87)70(107)68-82(117)96-66(83(118)99-91-22-23-100)49-30-47(102)31-55(104)63(49)48-25-42(14-19-54(48)103)64(79(114)98-68)95-80(115)65(45)94-78(113)53(32-61(88)105)93-81(67)116/h8-21,25-31,36-38,52-53,60,62,64-72,74-75,84,89-91,100-104,106-110H,22-24,32-35H2,1-7H3,(H2,88,105)(H,92,111)(H,93,116)(H,94,113)(H,95,115)(H,96,117)(H,97,112)(H,98,114)(H,99,118)/t38?,52?,53?,60?,62?,64?,65?,66-,67?,68?,69?,70?,71?,72?,74?,75?,84?,85-/m1/s1. The Kier molecular flexibility index (Phi) is 29.0. The molecule has 39 heteroatoms. The lowest BCUT2D eigenvalue weighted by molar-refractivity contribution is -0.334. The zero-order chi connectivity index (χ0) is 89.6. The summed E-state index contributed by atoms with van der Waals surface area (Å²) in [4.78, 5) is 133. The van der Waals surface area contributed by atoms with E-state index in [-0.39, 0.29) is 71.1 Å². The van der Waals surface area contributed by atoms with Gasteiger partial charge in [-0.3, -0.25) is 48.6 Å². The molecule has 14 rings (SSSR count). The van der Waals surface area contributed by atoms with E-state index >= 15 is 24.0 Å². The molecule has 11 bridgehead atoms. The number of carbonyl (C=O) groups is 9. The molecule has 7 aromatic carbocycles. The Morgan fingerprint density at radius 2 is 1.30 bits per heavy atom. The molecule has 18 atom stereocenters. The van der Waals surface area contributed by atoms with Crippen molar-refractivity contribution >= 4 is 82.1 Å². The van der Waals surface area contributed by atoms with Crippen LogP contribution in [0, 0.1) is 5.92 Å². The molecule has 0 aromatic heterocycles. The minimum absolute atomic E-state index is 0.115. The quantitative estimate of drug-likeness (QED) is 0.0343. The molecule has 16 unspecified atom stereocenters. The third kappa shape index (κ3) is 20.7. The zero-order valence-corrected chi connectivity index (χ0v) is 69.5. The smallest absolute Gasteiger partial charge is 0.261 e. The first kappa shape index (κ1) is 91.8. The van der Waals surface area contributed by atoms with Gasteiger partial charge in [-0.1, -0.05) is 93.4 Å². The van der Waals surface area contributed by atoms with Gasteiger partial charge in [0.05, 0.1) is 47.9 Å². The molecule has 0 aliphatic carbocycles. The fraction of sp³-hybridized carbons (Fsp3) is 0.400. The van der Waals surface area contributed by atoms with Crippen molar-refractivity contribution in [3.05, 3.63) is 182 Å². The number of nitrogens with one attached hydrogen (secondary N) is 11. The molecule has 23 N–H and O–H groups in total. The van der Waals surface area contributed by atoms with E-state index < -0.39 is 244 Å². The van der Waals surface area contributed by atoms with E-state index in [1.165, 1.54) is 25.2 Å². The van der Waals surface area contributed by atoms with Gasteiger partial charge in [0, 0.05) is 53.5 Å². The van der Waals surface area contributed by atoms with E-state index in [0.717, 1.165) is 66.2 Å². The lowest BCUT2D eigenvalue weighted by Crippen LogP contribution is -2.65. The van der Waals surface area contributed by atoms with Crippen LogP contribution in [0.3, 0.4) is 0 Å². The number of carbonyl (C=O) groups excluding carboxylic acids is 9. The minimum atomic E-state index is -2.38. The maximum Gasteiger partial charge on any atom is 0.261 e. The summed E-state index contributed by atoms with van der Waals surface area (Å²) in [5, 5.41) is 140. The van der Waals surface area contributed by atoms with Gasteiger partial charge in [0.2, 0.25) is 53.4 Å². The van der Waals surface area contributed by atoms with Crippen LogP contribution in [0.1, 0.15) is 146 Å². The van der Waals surface area contributed by atoms with E-state index in [1.807, 2.05) is 39.8 Å². The summed E-state index contributed by atoms with van der Waals surface area (Å²) in [6, 6.07) is 14.0. The van der Waals surface area contributed by atoms with E-state index in [9.17, 15) is 70.2 Å². The molecule has 37 nitrogen and oxygen atoms in total. The summed E-state index contributed by atoms with van der Waals surface area (Å²) in [6.45, 7) is 9.31. The highest BCUT2D eigenvalue weighted by molar-refractivity contribution is 6.32. The van der Waals surface area contributed by atoms with Crippen molar-refractivity contribution in [2.75, 3.05) is 32.1 Å². The van der Waals surface area contributed by atoms with Gasteiger partial charge in [0.1, 0.15) is 95.5 Å². The number of nitrogens with two attached hydrogens (primary N) is 1. The molecule has 662 valence electrons. The topological polar surface area (TPSA) is 570 Å². The first-order valence-electron chi connectivity index (χ1n) is 39.8. The summed E-state index contributed by atoms with van der Waals surface area (Å²) in [6.07, 6.45) is -19.0. The molecule has 7 aromatic rings. The molecule has 9 amide bonds. The Bertz CT molecular complexity index is 5170. The Balaban J connectivity index is 1.01. The molecule has 7 aliphatic heterocycles. The highest BCUT2D eigenvalue weighted by Gasteiger charge is 2.52. The first-order valence-corrected chi connectivity index (χ1v) is 40.5. The van der Waals surface area contributed by atoms with Gasteiger partial charge in [-0.15, -0.1) is 0 Å². The minimum Gasteiger partial charge on any atom is -0.508 e. The van der Waals surface area contributed by atoms with Gasteiger partial charge in [0.25, 0.3) is 11.8 Å². The number of halogens is 2. The third-order valence-electron chi connectivity index (χ3n) is 21.9. The van der Waals surface area contributed by atoms with E-state index in [4.69, 9.17) is 57.4 Å². The second kappa shape index (κ2) is 39.2. The van der Waals surface area contributed by atoms with Crippen LogP contribution in [-0.4, -0.2) is 210 Å². The van der Waals surface area contributed by atoms with Gasteiger partial charge < -0.3 is 133 Å². The maximum atomic E-state index is 16.3. The average Bonchev–Trinajstić information content (AvgIpc) is 0.767. The number of rotatable bonds is 22. The predicted octanol–water partition coefficient (Wildman–Crippen LogP) is 2.84. The highest BCUT2D eigenvalue weighted by atomic mass is 35.5. The Hall–Kier alpha value is -11.4. The van der Waals surface area contributed by atoms with Crippen molar-refractivity contribution in [3.63, 3.8) is 0 Å². The molecule has 2 fully saturated rings. The molecule has 0 spiro atoms. The largest absolute Gasteiger partial charge is 0.508 e. The van der Waals surface area contributed by atoms with Crippen molar-refractivity contribution in [3.8, 4) is 57.1 Å². The molecular weight excluding hydrogens is 1660 g/mol. The third-order valence-corrected chi connectivity index (χ3v) is 22.5. The SMILES string of the molecule is CNC(CC(C)C)C(=O)NC1C(=O)NC(CC(N)=O)C(=O)NC2C(=O)NC3C(=O)NC(C(=O)N[C@@H](C(=O)NNCCO)c4cc(O)cc(O)c4-c4cc3ccc4O)C(O)c3ccc(c(Cl)c3)Oc3cc2cc(c3OC2OC(CO)C(O)C(O)C2OC2C[C@@](C)(NCc3ccc(NC(=O)c4ccc(C(C)C)cc4)cc3)C(O)C(C)O2)Oc2ccc(cc2Cl)C1O. The summed E-state index contributed by atoms with van der Waals surface area (Å²) in [5.74, 6) is -15.3. The number of ether oxygens (including phenoxy) is 6. The van der Waals surface area contributed by atoms with Crippen LogP contribution < -0.4 is 78.6 Å². The van der Waals surface area contributed by atoms with Crippen LogP contribution in [0.5, 0.6) is 46.0 Å². The van der Waals surface area contributed by atoms with E-state index in [1.54, 1.807) is 50.2 Å². The monoisotopic (exact) mass is 1760 g/mol. The van der Waals surface area contributed by atoms with Gasteiger partial charge >= 0.3 is 0 Å². The van der Waals surface area contributed by atoms with Crippen molar-refractivity contribution in [1.82, 2.24) is 53.4 Å². The molecule has 124 heavy (non-hydrogen) atoms. The van der Waals surface area contributed by atoms with E-state index in [2.05, 4.69) is 58.7 Å². The van der Waals surface area contributed by atoms with Crippen molar-refractivity contribution in [1.29, 1.82) is 0 Å². The number of fused-ring (bicyclic) bond motifs is 15. The summed E-state index contributed by atoms with van der Waals surface area (Å²) < 4.78 is 39.6. The second-order valence-electron chi connectivity index (χ2n) is 31.7. The number of aliphatic hydroxyl groups excluding tert-OH is 7. The van der Waals surface area contributed by atoms with Crippen LogP contribution >= 0.6 is 23.2 Å². The Morgan fingerprint density at radius 3 is 1.91 bits per heavy atom. The van der Waals surface area contributed by atoms with Crippen LogP contribution in [0.25, 0.3) is 11.1 Å². The van der Waals surface area contributed by atoms with Gasteiger partial charge in [-0.25, -0.2) is 5.43 Å². The Morgan fingerprint density at radius 1 is 0.669 bits per heavy atom. The van der Waals surface area contributed by atoms with Crippen molar-refractivity contribution in [2.45, 2.75) is 183 Å². The first-order chi connectivity index (χ1) is 58.9. The zero-order valence-electron chi connectivity index (χ0n) is 68.0. The Labute approximate surface area is 719 Å². The molecule has 7 heterocycles.